The Labute approximate surface area is 240 Å². The van der Waals surface area contributed by atoms with Gasteiger partial charge in [-0.25, -0.2) is 0 Å². The van der Waals surface area contributed by atoms with Gasteiger partial charge >= 0.3 is 0 Å². The number of aliphatic hydroxyl groups is 1. The molecule has 6 rings (SSSR count). The third-order valence-electron chi connectivity index (χ3n) is 8.95. The van der Waals surface area contributed by atoms with E-state index in [9.17, 15) is 19.5 Å². The lowest BCUT2D eigenvalue weighted by Gasteiger charge is -2.38. The van der Waals surface area contributed by atoms with Gasteiger partial charge in [0.25, 0.3) is 0 Å². The smallest absolute Gasteiger partial charge is 0.249 e. The summed E-state index contributed by atoms with van der Waals surface area (Å²) < 4.78 is 6.75. The predicted octanol–water partition coefficient (Wildman–Crippen LogP) is 2.97. The quantitative estimate of drug-likeness (QED) is 0.506. The van der Waals surface area contributed by atoms with Crippen LogP contribution in [0, 0.1) is 11.8 Å². The maximum Gasteiger partial charge on any atom is 0.249 e. The van der Waals surface area contributed by atoms with Crippen molar-refractivity contribution in [2.24, 2.45) is 11.8 Å². The number of anilines is 1. The van der Waals surface area contributed by atoms with Crippen LogP contribution in [0.15, 0.2) is 85.0 Å². The van der Waals surface area contributed by atoms with Crippen molar-refractivity contribution in [2.75, 3.05) is 31.1 Å². The normalized spacial score (nSPS) is 29.7. The molecule has 1 N–H and O–H groups in total. The van der Waals surface area contributed by atoms with Gasteiger partial charge in [0.05, 0.1) is 30.6 Å². The minimum absolute atomic E-state index is 0.196. The highest BCUT2D eigenvalue weighted by atomic mass is 16.5. The summed E-state index contributed by atoms with van der Waals surface area (Å²) in [5.74, 6) is -2.40. The number of likely N-dealkylation sites (tertiary alicyclic amines) is 1. The van der Waals surface area contributed by atoms with E-state index < -0.39 is 35.6 Å². The van der Waals surface area contributed by atoms with E-state index in [4.69, 9.17) is 4.74 Å². The Bertz CT molecular complexity index is 1350. The number of ether oxygens (including phenoxy) is 1. The number of amides is 3. The van der Waals surface area contributed by atoms with Gasteiger partial charge in [0.2, 0.25) is 17.7 Å². The number of rotatable bonds is 8. The van der Waals surface area contributed by atoms with E-state index in [0.717, 1.165) is 24.1 Å². The Balaban J connectivity index is 1.44. The van der Waals surface area contributed by atoms with Crippen LogP contribution in [0.2, 0.25) is 0 Å². The average molecular weight is 556 g/mol. The van der Waals surface area contributed by atoms with Crippen LogP contribution in [0.5, 0.6) is 0 Å². The van der Waals surface area contributed by atoms with E-state index in [0.29, 0.717) is 26.1 Å². The number of carbonyl (C=O) groups is 3. The molecule has 214 valence electrons. The van der Waals surface area contributed by atoms with Crippen LogP contribution in [-0.2, 0) is 25.5 Å². The van der Waals surface area contributed by atoms with Gasteiger partial charge in [0.15, 0.2) is 0 Å². The molecule has 2 aromatic carbocycles. The predicted molar refractivity (Wildman–Crippen MR) is 155 cm³/mol. The molecule has 2 aromatic rings. The standard InChI is InChI=1S/C33H37N3O5/c1-2-3-18-34-19-11-17-33-28(27-26(41-33)16-10-20-35(30(27)38)24-14-8-5-9-15-24)31(39)36(29(33)32(34)40)25(22-37)21-23-12-6-4-7-13-23/h4-17,25-29,37H,2-3,18-22H2,1H3/t25-,26+,27-,28+,29?,33+/m1/s1. The van der Waals surface area contributed by atoms with Gasteiger partial charge < -0.3 is 24.5 Å². The first-order valence-electron chi connectivity index (χ1n) is 14.6. The van der Waals surface area contributed by atoms with E-state index in [1.807, 2.05) is 85.0 Å². The largest absolute Gasteiger partial charge is 0.394 e. The summed E-state index contributed by atoms with van der Waals surface area (Å²) in [6.07, 6.45) is 9.06. The fourth-order valence-corrected chi connectivity index (χ4v) is 7.04. The van der Waals surface area contributed by atoms with Gasteiger partial charge in [-0.15, -0.1) is 0 Å². The average Bonchev–Trinajstić information content (AvgIpc) is 3.32. The molecule has 0 aliphatic carbocycles. The van der Waals surface area contributed by atoms with Crippen LogP contribution >= 0.6 is 0 Å². The Kier molecular flexibility index (Phi) is 7.53. The Morgan fingerprint density at radius 2 is 1.68 bits per heavy atom. The van der Waals surface area contributed by atoms with Crippen LogP contribution < -0.4 is 4.90 Å². The molecule has 0 aromatic heterocycles. The molecule has 2 saturated heterocycles. The Morgan fingerprint density at radius 3 is 2.39 bits per heavy atom. The first-order chi connectivity index (χ1) is 20.0. The fourth-order valence-electron chi connectivity index (χ4n) is 7.04. The monoisotopic (exact) mass is 555 g/mol. The number of unbranched alkanes of at least 4 members (excludes halogenated alkanes) is 1. The van der Waals surface area contributed by atoms with E-state index in [-0.39, 0.29) is 24.3 Å². The van der Waals surface area contributed by atoms with Crippen molar-refractivity contribution in [3.8, 4) is 0 Å². The lowest BCUT2D eigenvalue weighted by Crippen LogP contribution is -2.58. The topological polar surface area (TPSA) is 90.4 Å². The molecular formula is C33H37N3O5. The molecular weight excluding hydrogens is 518 g/mol. The van der Waals surface area contributed by atoms with Crippen molar-refractivity contribution in [1.29, 1.82) is 0 Å². The van der Waals surface area contributed by atoms with E-state index in [2.05, 4.69) is 6.92 Å². The second-order valence-electron chi connectivity index (χ2n) is 11.4. The van der Waals surface area contributed by atoms with Gasteiger partial charge in [-0.2, -0.15) is 0 Å². The summed E-state index contributed by atoms with van der Waals surface area (Å²) in [6, 6.07) is 17.4. The van der Waals surface area contributed by atoms with Gasteiger partial charge in [0, 0.05) is 25.3 Å². The lowest BCUT2D eigenvalue weighted by atomic mass is 9.77. The maximum absolute atomic E-state index is 14.6. The zero-order valence-electron chi connectivity index (χ0n) is 23.3. The summed E-state index contributed by atoms with van der Waals surface area (Å²) in [7, 11) is 0. The van der Waals surface area contributed by atoms with Crippen LogP contribution in [0.1, 0.15) is 25.3 Å². The second kappa shape index (κ2) is 11.3. The summed E-state index contributed by atoms with van der Waals surface area (Å²) in [6.45, 7) is 3.10. The van der Waals surface area contributed by atoms with E-state index >= 15 is 0 Å². The third-order valence-corrected chi connectivity index (χ3v) is 8.95. The summed E-state index contributed by atoms with van der Waals surface area (Å²) in [5.41, 5.74) is 0.388. The van der Waals surface area contributed by atoms with Crippen molar-refractivity contribution in [2.45, 2.75) is 50.0 Å². The van der Waals surface area contributed by atoms with Crippen LogP contribution in [0.3, 0.4) is 0 Å². The lowest BCUT2D eigenvalue weighted by molar-refractivity contribution is -0.150. The summed E-state index contributed by atoms with van der Waals surface area (Å²) >= 11 is 0. The zero-order valence-corrected chi connectivity index (χ0v) is 23.3. The number of hydrogen-bond acceptors (Lipinski definition) is 5. The number of aliphatic hydroxyl groups excluding tert-OH is 1. The van der Waals surface area contributed by atoms with E-state index in [1.165, 1.54) is 0 Å². The van der Waals surface area contributed by atoms with Gasteiger partial charge in [-0.1, -0.05) is 86.2 Å². The van der Waals surface area contributed by atoms with Gasteiger partial charge in [-0.3, -0.25) is 14.4 Å². The zero-order chi connectivity index (χ0) is 28.6. The molecule has 1 unspecified atom stereocenters. The van der Waals surface area contributed by atoms with Crippen LogP contribution in [0.25, 0.3) is 0 Å². The summed E-state index contributed by atoms with van der Waals surface area (Å²) in [4.78, 5) is 48.3. The van der Waals surface area contributed by atoms with Crippen molar-refractivity contribution < 1.29 is 24.2 Å². The van der Waals surface area contributed by atoms with Crippen molar-refractivity contribution in [3.05, 3.63) is 90.5 Å². The molecule has 0 saturated carbocycles. The van der Waals surface area contributed by atoms with Crippen molar-refractivity contribution in [1.82, 2.24) is 9.80 Å². The van der Waals surface area contributed by atoms with Gasteiger partial charge in [-0.05, 0) is 30.5 Å². The van der Waals surface area contributed by atoms with Crippen LogP contribution in [-0.4, -0.2) is 82.7 Å². The third kappa shape index (κ3) is 4.59. The van der Waals surface area contributed by atoms with Crippen molar-refractivity contribution >= 4 is 23.4 Å². The molecule has 3 amide bonds. The molecule has 4 heterocycles. The number of nitrogens with zero attached hydrogens (tertiary/aromatic N) is 3. The summed E-state index contributed by atoms with van der Waals surface area (Å²) in [5, 5.41) is 10.6. The molecule has 1 spiro atoms. The van der Waals surface area contributed by atoms with Crippen molar-refractivity contribution in [3.63, 3.8) is 0 Å². The molecule has 0 bridgehead atoms. The number of fused-ring (bicyclic) bond motifs is 2. The molecule has 2 fully saturated rings. The minimum Gasteiger partial charge on any atom is -0.394 e. The molecule has 4 aliphatic heterocycles. The highest BCUT2D eigenvalue weighted by molar-refractivity contribution is 6.04. The fraction of sp³-hybridized carbons (Fsp3) is 0.424. The molecule has 0 radical (unpaired) electrons. The Hall–Kier alpha value is -3.75. The van der Waals surface area contributed by atoms with Crippen LogP contribution in [0.4, 0.5) is 5.69 Å². The van der Waals surface area contributed by atoms with Gasteiger partial charge in [0.1, 0.15) is 11.6 Å². The number of benzene rings is 2. The molecule has 8 nitrogen and oxygen atoms in total. The van der Waals surface area contributed by atoms with E-state index in [1.54, 1.807) is 14.7 Å². The molecule has 6 atom stereocenters. The SMILES string of the molecule is CCCCN1CC=C[C@]23O[C@H]4C=CCN(c5ccccc5)C(=O)[C@H]4[C@H]2C(=O)N([C@@H](CO)Cc2ccccc2)C3C1=O. The molecule has 4 aliphatic rings. The minimum atomic E-state index is -1.31. The second-order valence-corrected chi connectivity index (χ2v) is 11.4. The highest BCUT2D eigenvalue weighted by Gasteiger charge is 2.72. The Morgan fingerprint density at radius 1 is 0.951 bits per heavy atom. The number of para-hydroxylation sites is 1. The first-order valence-corrected chi connectivity index (χ1v) is 14.6. The molecule has 8 heteroatoms. The first kappa shape index (κ1) is 27.4. The maximum atomic E-state index is 14.6. The highest BCUT2D eigenvalue weighted by Crippen LogP contribution is 2.54. The number of hydrogen-bond donors (Lipinski definition) is 1. The molecule has 41 heavy (non-hydrogen) atoms. The number of carbonyl (C=O) groups excluding carboxylic acids is 3.